The molecule has 132 valence electrons. The number of amides is 1. The number of guanidine groups is 1. The highest BCUT2D eigenvalue weighted by atomic mass is 16.1. The molecule has 2 rings (SSSR count). The third kappa shape index (κ3) is 5.40. The van der Waals surface area contributed by atoms with Gasteiger partial charge < -0.3 is 20.4 Å². The van der Waals surface area contributed by atoms with Crippen molar-refractivity contribution in [3.8, 4) is 0 Å². The molecule has 0 spiro atoms. The van der Waals surface area contributed by atoms with Crippen LogP contribution < -0.4 is 15.5 Å². The molecular weight excluding hydrogens is 304 g/mol. The monoisotopic (exact) mass is 332 g/mol. The summed E-state index contributed by atoms with van der Waals surface area (Å²) in [6.07, 6.45) is 3.25. The Morgan fingerprint density at radius 2 is 2.00 bits per heavy atom. The number of carbonyl (C=O) groups is 1. The zero-order chi connectivity index (χ0) is 17.2. The second-order valence-electron chi connectivity index (χ2n) is 5.74. The number of nitrogens with one attached hydrogen (secondary N) is 2. The van der Waals surface area contributed by atoms with Crippen LogP contribution in [0.25, 0.3) is 0 Å². The van der Waals surface area contributed by atoms with Crippen molar-refractivity contribution >= 4 is 17.7 Å². The molecule has 1 fully saturated rings. The molecule has 1 saturated heterocycles. The van der Waals surface area contributed by atoms with Crippen LogP contribution in [0.15, 0.2) is 29.4 Å². The lowest BCUT2D eigenvalue weighted by Gasteiger charge is -2.37. The number of aliphatic imine (C=N–C) groups is 1. The smallest absolute Gasteiger partial charge is 0.221 e. The third-order valence-electron chi connectivity index (χ3n) is 3.97. The van der Waals surface area contributed by atoms with Crippen LogP contribution in [0.4, 0.5) is 5.82 Å². The van der Waals surface area contributed by atoms with Crippen LogP contribution in [0.2, 0.25) is 0 Å². The predicted octanol–water partition coefficient (Wildman–Crippen LogP) is 0.695. The lowest BCUT2D eigenvalue weighted by Crippen LogP contribution is -2.53. The first kappa shape index (κ1) is 18.0. The molecule has 24 heavy (non-hydrogen) atoms. The molecule has 1 aromatic heterocycles. The van der Waals surface area contributed by atoms with Gasteiger partial charge in [-0.2, -0.15) is 0 Å². The Labute approximate surface area is 144 Å². The lowest BCUT2D eigenvalue weighted by atomic mass is 10.3. The first-order valence-electron chi connectivity index (χ1n) is 8.63. The van der Waals surface area contributed by atoms with Crippen LogP contribution in [0.3, 0.4) is 0 Å². The molecule has 0 unspecified atom stereocenters. The van der Waals surface area contributed by atoms with Gasteiger partial charge in [-0.1, -0.05) is 13.0 Å². The van der Waals surface area contributed by atoms with Gasteiger partial charge in [-0.05, 0) is 18.6 Å². The van der Waals surface area contributed by atoms with Crippen molar-refractivity contribution in [1.82, 2.24) is 20.5 Å². The van der Waals surface area contributed by atoms with Crippen LogP contribution in [-0.2, 0) is 4.79 Å². The van der Waals surface area contributed by atoms with Crippen LogP contribution >= 0.6 is 0 Å². The second-order valence-corrected chi connectivity index (χ2v) is 5.74. The van der Waals surface area contributed by atoms with E-state index in [1.807, 2.05) is 31.3 Å². The average Bonchev–Trinajstić information content (AvgIpc) is 2.64. The number of piperazine rings is 1. The highest BCUT2D eigenvalue weighted by Gasteiger charge is 2.20. The Balaban J connectivity index is 1.74. The highest BCUT2D eigenvalue weighted by Crippen LogP contribution is 2.12. The second kappa shape index (κ2) is 9.75. The Hall–Kier alpha value is -2.31. The molecule has 0 radical (unpaired) electrons. The number of hydrogen-bond acceptors (Lipinski definition) is 4. The van der Waals surface area contributed by atoms with E-state index in [0.29, 0.717) is 13.0 Å². The summed E-state index contributed by atoms with van der Waals surface area (Å²) in [7, 11) is 1.78. The molecule has 1 aliphatic rings. The van der Waals surface area contributed by atoms with Gasteiger partial charge in [0.1, 0.15) is 5.82 Å². The van der Waals surface area contributed by atoms with E-state index in [0.717, 1.165) is 50.9 Å². The number of rotatable bonds is 6. The topological polar surface area (TPSA) is 72.9 Å². The van der Waals surface area contributed by atoms with Gasteiger partial charge in [-0.25, -0.2) is 4.98 Å². The van der Waals surface area contributed by atoms with Crippen molar-refractivity contribution in [2.24, 2.45) is 4.99 Å². The summed E-state index contributed by atoms with van der Waals surface area (Å²) in [4.78, 5) is 24.9. The average molecular weight is 332 g/mol. The standard InChI is InChI=1S/C17H28N6O/c1-3-8-20-16(24)7-10-21-17(18-2)23-13-11-22(12-14-23)15-6-4-5-9-19-15/h4-6,9H,3,7-8,10-14H2,1-2H3,(H,18,21)(H,20,24). The quantitative estimate of drug-likeness (QED) is 0.592. The van der Waals surface area contributed by atoms with E-state index in [-0.39, 0.29) is 5.91 Å². The van der Waals surface area contributed by atoms with Crippen molar-refractivity contribution in [3.05, 3.63) is 24.4 Å². The molecule has 1 aliphatic heterocycles. The molecule has 7 heteroatoms. The van der Waals surface area contributed by atoms with Gasteiger partial charge >= 0.3 is 0 Å². The number of pyridine rings is 1. The molecule has 0 bridgehead atoms. The van der Waals surface area contributed by atoms with E-state index in [4.69, 9.17) is 0 Å². The van der Waals surface area contributed by atoms with Crippen molar-refractivity contribution in [1.29, 1.82) is 0 Å². The molecule has 2 N–H and O–H groups in total. The maximum Gasteiger partial charge on any atom is 0.221 e. The minimum Gasteiger partial charge on any atom is -0.356 e. The number of carbonyl (C=O) groups excluding carboxylic acids is 1. The summed E-state index contributed by atoms with van der Waals surface area (Å²) in [6.45, 7) is 6.98. The molecule has 0 aromatic carbocycles. The fourth-order valence-corrected chi connectivity index (χ4v) is 2.66. The van der Waals surface area contributed by atoms with Gasteiger partial charge in [-0.3, -0.25) is 9.79 Å². The largest absolute Gasteiger partial charge is 0.356 e. The predicted molar refractivity (Wildman–Crippen MR) is 97.3 cm³/mol. The Bertz CT molecular complexity index is 525. The highest BCUT2D eigenvalue weighted by molar-refractivity contribution is 5.81. The van der Waals surface area contributed by atoms with Crippen LogP contribution in [-0.4, -0.2) is 68.1 Å². The molecule has 1 aromatic rings. The summed E-state index contributed by atoms with van der Waals surface area (Å²) in [5.41, 5.74) is 0. The zero-order valence-electron chi connectivity index (χ0n) is 14.7. The van der Waals surface area contributed by atoms with Gasteiger partial charge in [0.2, 0.25) is 5.91 Å². The van der Waals surface area contributed by atoms with Crippen LogP contribution in [0.1, 0.15) is 19.8 Å². The summed E-state index contributed by atoms with van der Waals surface area (Å²) >= 11 is 0. The van der Waals surface area contributed by atoms with Crippen LogP contribution in [0.5, 0.6) is 0 Å². The number of anilines is 1. The van der Waals surface area contributed by atoms with Gasteiger partial charge in [0.15, 0.2) is 5.96 Å². The van der Waals surface area contributed by atoms with E-state index in [9.17, 15) is 4.79 Å². The summed E-state index contributed by atoms with van der Waals surface area (Å²) in [5.74, 6) is 1.96. The molecule has 0 saturated carbocycles. The van der Waals surface area contributed by atoms with Gasteiger partial charge in [0.05, 0.1) is 0 Å². The van der Waals surface area contributed by atoms with Crippen molar-refractivity contribution in [2.45, 2.75) is 19.8 Å². The number of hydrogen-bond donors (Lipinski definition) is 2. The first-order valence-corrected chi connectivity index (χ1v) is 8.63. The van der Waals surface area contributed by atoms with E-state index < -0.39 is 0 Å². The SMILES string of the molecule is CCCNC(=O)CCNC(=NC)N1CCN(c2ccccn2)CC1. The van der Waals surface area contributed by atoms with Gasteiger partial charge in [0.25, 0.3) is 0 Å². The molecule has 1 amide bonds. The van der Waals surface area contributed by atoms with Crippen molar-refractivity contribution < 1.29 is 4.79 Å². The Morgan fingerprint density at radius 3 is 2.62 bits per heavy atom. The van der Waals surface area contributed by atoms with Crippen LogP contribution in [0, 0.1) is 0 Å². The third-order valence-corrected chi connectivity index (χ3v) is 3.97. The van der Waals surface area contributed by atoms with E-state index in [1.54, 1.807) is 7.05 Å². The minimum absolute atomic E-state index is 0.0831. The zero-order valence-corrected chi connectivity index (χ0v) is 14.7. The first-order chi connectivity index (χ1) is 11.7. The van der Waals surface area contributed by atoms with Crippen molar-refractivity contribution in [2.75, 3.05) is 51.2 Å². The van der Waals surface area contributed by atoms with Gasteiger partial charge in [0, 0.05) is 58.9 Å². The van der Waals surface area contributed by atoms with Gasteiger partial charge in [-0.15, -0.1) is 0 Å². The normalized spacial score (nSPS) is 15.3. The lowest BCUT2D eigenvalue weighted by molar-refractivity contribution is -0.120. The number of aromatic nitrogens is 1. The molecule has 2 heterocycles. The fourth-order valence-electron chi connectivity index (χ4n) is 2.66. The summed E-state index contributed by atoms with van der Waals surface area (Å²) < 4.78 is 0. The summed E-state index contributed by atoms with van der Waals surface area (Å²) in [5, 5.41) is 6.16. The maximum absolute atomic E-state index is 11.6. The molecule has 7 nitrogen and oxygen atoms in total. The number of nitrogens with zero attached hydrogens (tertiary/aromatic N) is 4. The Morgan fingerprint density at radius 1 is 1.21 bits per heavy atom. The minimum atomic E-state index is 0.0831. The van der Waals surface area contributed by atoms with E-state index in [1.165, 1.54) is 0 Å². The fraction of sp³-hybridized carbons (Fsp3) is 0.588. The molecule has 0 atom stereocenters. The maximum atomic E-state index is 11.6. The Kier molecular flexibility index (Phi) is 7.32. The molecular formula is C17H28N6O. The van der Waals surface area contributed by atoms with Crippen molar-refractivity contribution in [3.63, 3.8) is 0 Å². The van der Waals surface area contributed by atoms with E-state index in [2.05, 4.69) is 30.4 Å². The molecule has 0 aliphatic carbocycles. The van der Waals surface area contributed by atoms with E-state index >= 15 is 0 Å². The summed E-state index contributed by atoms with van der Waals surface area (Å²) in [6, 6.07) is 5.98.